The first-order valence-electron chi connectivity index (χ1n) is 11.6. The van der Waals surface area contributed by atoms with Crippen LogP contribution in [0.25, 0.3) is 0 Å². The largest absolute Gasteiger partial charge is 0.416 e. The summed E-state index contributed by atoms with van der Waals surface area (Å²) in [7, 11) is 0. The molecule has 35 heavy (non-hydrogen) atoms. The molecule has 0 bridgehead atoms. The molecule has 2 aromatic rings. The first-order chi connectivity index (χ1) is 16.5. The van der Waals surface area contributed by atoms with Gasteiger partial charge in [-0.3, -0.25) is 14.4 Å². The summed E-state index contributed by atoms with van der Waals surface area (Å²) in [6.45, 7) is 6.38. The second kappa shape index (κ2) is 10.9. The van der Waals surface area contributed by atoms with Crippen molar-refractivity contribution in [2.45, 2.75) is 45.5 Å². The van der Waals surface area contributed by atoms with Gasteiger partial charge in [0.2, 0.25) is 11.8 Å². The van der Waals surface area contributed by atoms with E-state index in [1.54, 1.807) is 23.6 Å². The summed E-state index contributed by atoms with van der Waals surface area (Å²) >= 11 is 0. The minimum Gasteiger partial charge on any atom is -0.340 e. The molecule has 0 saturated carbocycles. The minimum atomic E-state index is -4.57. The Morgan fingerprint density at radius 1 is 1.03 bits per heavy atom. The van der Waals surface area contributed by atoms with Gasteiger partial charge in [0.15, 0.2) is 0 Å². The van der Waals surface area contributed by atoms with E-state index < -0.39 is 23.7 Å². The molecule has 0 spiro atoms. The third kappa shape index (κ3) is 6.61. The highest BCUT2D eigenvalue weighted by molar-refractivity contribution is 5.97. The van der Waals surface area contributed by atoms with Crippen molar-refractivity contribution in [2.24, 2.45) is 5.92 Å². The average Bonchev–Trinajstić information content (AvgIpc) is 2.81. The molecule has 1 N–H and O–H groups in total. The van der Waals surface area contributed by atoms with E-state index in [9.17, 15) is 27.6 Å². The van der Waals surface area contributed by atoms with Crippen molar-refractivity contribution in [3.05, 3.63) is 71.3 Å². The van der Waals surface area contributed by atoms with E-state index in [2.05, 4.69) is 5.32 Å². The van der Waals surface area contributed by atoms with Crippen molar-refractivity contribution in [1.29, 1.82) is 0 Å². The number of carbonyl (C=O) groups is 3. The second-order valence-corrected chi connectivity index (χ2v) is 9.16. The molecule has 1 aliphatic heterocycles. The molecule has 2 atom stereocenters. The van der Waals surface area contributed by atoms with Crippen LogP contribution < -0.4 is 5.32 Å². The lowest BCUT2D eigenvalue weighted by atomic mass is 10.0. The van der Waals surface area contributed by atoms with Crippen LogP contribution in [0.2, 0.25) is 0 Å². The summed E-state index contributed by atoms with van der Waals surface area (Å²) in [5.41, 5.74) is -0.175. The van der Waals surface area contributed by atoms with Crippen LogP contribution in [0.1, 0.15) is 42.3 Å². The van der Waals surface area contributed by atoms with Gasteiger partial charge in [-0.1, -0.05) is 50.2 Å². The minimum absolute atomic E-state index is 0.0194. The van der Waals surface area contributed by atoms with Crippen LogP contribution in [0.5, 0.6) is 0 Å². The van der Waals surface area contributed by atoms with E-state index in [-0.39, 0.29) is 35.8 Å². The van der Waals surface area contributed by atoms with E-state index in [1.165, 1.54) is 6.07 Å². The van der Waals surface area contributed by atoms with Gasteiger partial charge in [0, 0.05) is 31.2 Å². The van der Waals surface area contributed by atoms with E-state index in [0.717, 1.165) is 23.8 Å². The van der Waals surface area contributed by atoms with Gasteiger partial charge in [-0.25, -0.2) is 0 Å². The summed E-state index contributed by atoms with van der Waals surface area (Å²) < 4.78 is 39.1. The number of nitrogens with zero attached hydrogens (tertiary/aromatic N) is 2. The Kier molecular flexibility index (Phi) is 8.19. The molecule has 0 radical (unpaired) electrons. The van der Waals surface area contributed by atoms with Gasteiger partial charge in [0.05, 0.1) is 12.0 Å². The zero-order valence-corrected chi connectivity index (χ0v) is 20.0. The molecule has 9 heteroatoms. The SMILES string of the molecule is CC(C)C(NC(=O)c1cccc(C(F)(F)F)c1)C(=O)N1CCN(C(=O)Cc2ccccc2)C(C)C1. The topological polar surface area (TPSA) is 69.7 Å². The maximum Gasteiger partial charge on any atom is 0.416 e. The molecular weight excluding hydrogens is 459 g/mol. The molecule has 0 aromatic heterocycles. The summed E-state index contributed by atoms with van der Waals surface area (Å²) in [5, 5.41) is 2.61. The lowest BCUT2D eigenvalue weighted by Crippen LogP contribution is -2.60. The zero-order chi connectivity index (χ0) is 25.8. The Morgan fingerprint density at radius 3 is 2.31 bits per heavy atom. The van der Waals surface area contributed by atoms with E-state index in [0.29, 0.717) is 19.6 Å². The van der Waals surface area contributed by atoms with Gasteiger partial charge < -0.3 is 15.1 Å². The van der Waals surface area contributed by atoms with Crippen LogP contribution in [0, 0.1) is 5.92 Å². The van der Waals surface area contributed by atoms with Crippen LogP contribution >= 0.6 is 0 Å². The number of benzene rings is 2. The number of hydrogen-bond donors (Lipinski definition) is 1. The first kappa shape index (κ1) is 26.2. The fourth-order valence-electron chi connectivity index (χ4n) is 4.17. The Labute approximate surface area is 203 Å². The number of nitrogens with one attached hydrogen (secondary N) is 1. The third-order valence-electron chi connectivity index (χ3n) is 6.13. The van der Waals surface area contributed by atoms with E-state index in [4.69, 9.17) is 0 Å². The smallest absolute Gasteiger partial charge is 0.340 e. The van der Waals surface area contributed by atoms with Crippen molar-refractivity contribution in [2.75, 3.05) is 19.6 Å². The van der Waals surface area contributed by atoms with Crippen LogP contribution in [0.3, 0.4) is 0 Å². The van der Waals surface area contributed by atoms with Gasteiger partial charge in [-0.2, -0.15) is 13.2 Å². The molecule has 6 nitrogen and oxygen atoms in total. The number of hydrogen-bond acceptors (Lipinski definition) is 3. The van der Waals surface area contributed by atoms with Crippen LogP contribution in [-0.4, -0.2) is 59.2 Å². The molecular formula is C26H30F3N3O3. The van der Waals surface area contributed by atoms with Gasteiger partial charge in [-0.05, 0) is 36.6 Å². The quantitative estimate of drug-likeness (QED) is 0.672. The highest BCUT2D eigenvalue weighted by atomic mass is 19.4. The van der Waals surface area contributed by atoms with Gasteiger partial charge in [0.1, 0.15) is 6.04 Å². The Morgan fingerprint density at radius 2 is 1.71 bits per heavy atom. The van der Waals surface area contributed by atoms with E-state index in [1.807, 2.05) is 37.3 Å². The second-order valence-electron chi connectivity index (χ2n) is 9.16. The molecule has 1 aliphatic rings. The summed E-state index contributed by atoms with van der Waals surface area (Å²) in [4.78, 5) is 42.1. The monoisotopic (exact) mass is 489 g/mol. The number of halogens is 3. The maximum atomic E-state index is 13.3. The first-order valence-corrected chi connectivity index (χ1v) is 11.6. The summed E-state index contributed by atoms with van der Waals surface area (Å²) in [5.74, 6) is -1.37. The molecule has 188 valence electrons. The molecule has 1 heterocycles. The number of piperazine rings is 1. The van der Waals surface area contributed by atoms with Gasteiger partial charge in [0.25, 0.3) is 5.91 Å². The van der Waals surface area contributed by atoms with Crippen molar-refractivity contribution in [1.82, 2.24) is 15.1 Å². The number of carbonyl (C=O) groups excluding carboxylic acids is 3. The molecule has 2 aromatic carbocycles. The van der Waals surface area contributed by atoms with Crippen molar-refractivity contribution in [3.8, 4) is 0 Å². The number of rotatable bonds is 6. The zero-order valence-electron chi connectivity index (χ0n) is 20.0. The van der Waals surface area contributed by atoms with Crippen molar-refractivity contribution >= 4 is 17.7 Å². The average molecular weight is 490 g/mol. The highest BCUT2D eigenvalue weighted by Crippen LogP contribution is 2.29. The predicted molar refractivity (Wildman–Crippen MR) is 125 cm³/mol. The third-order valence-corrected chi connectivity index (χ3v) is 6.13. The fourth-order valence-corrected chi connectivity index (χ4v) is 4.17. The van der Waals surface area contributed by atoms with Crippen LogP contribution in [0.4, 0.5) is 13.2 Å². The molecule has 3 rings (SSSR count). The fraction of sp³-hybridized carbons (Fsp3) is 0.423. The molecule has 2 unspecified atom stereocenters. The molecule has 1 fully saturated rings. The Balaban J connectivity index is 1.64. The lowest BCUT2D eigenvalue weighted by molar-refractivity contribution is -0.143. The number of amides is 3. The molecule has 3 amide bonds. The van der Waals surface area contributed by atoms with Gasteiger partial charge >= 0.3 is 6.18 Å². The van der Waals surface area contributed by atoms with E-state index >= 15 is 0 Å². The Hall–Kier alpha value is -3.36. The normalized spacial score (nSPS) is 17.3. The summed E-state index contributed by atoms with van der Waals surface area (Å²) in [6.07, 6.45) is -4.29. The summed E-state index contributed by atoms with van der Waals surface area (Å²) in [6, 6.07) is 12.4. The lowest BCUT2D eigenvalue weighted by Gasteiger charge is -2.41. The van der Waals surface area contributed by atoms with Crippen LogP contribution in [0.15, 0.2) is 54.6 Å². The number of alkyl halides is 3. The van der Waals surface area contributed by atoms with Crippen molar-refractivity contribution < 1.29 is 27.6 Å². The van der Waals surface area contributed by atoms with Crippen molar-refractivity contribution in [3.63, 3.8) is 0 Å². The maximum absolute atomic E-state index is 13.3. The van der Waals surface area contributed by atoms with Crippen LogP contribution in [-0.2, 0) is 22.2 Å². The van der Waals surface area contributed by atoms with Gasteiger partial charge in [-0.15, -0.1) is 0 Å². The molecule has 0 aliphatic carbocycles. The predicted octanol–water partition coefficient (Wildman–Crippen LogP) is 3.76. The Bertz CT molecular complexity index is 1060. The highest BCUT2D eigenvalue weighted by Gasteiger charge is 2.35. The standard InChI is InChI=1S/C26H30F3N3O3/c1-17(2)23(30-24(34)20-10-7-11-21(15-20)26(27,28)29)25(35)31-12-13-32(18(3)16-31)22(33)14-19-8-5-4-6-9-19/h4-11,15,17-18,23H,12-14,16H2,1-3H3,(H,30,34). The molecule has 1 saturated heterocycles.